The molecule has 1 aliphatic heterocycles. The van der Waals surface area contributed by atoms with Crippen LogP contribution in [0.5, 0.6) is 5.75 Å². The second kappa shape index (κ2) is 7.37. The number of methoxy groups -OCH3 is 1. The van der Waals surface area contributed by atoms with Crippen LogP contribution in [0.4, 0.5) is 0 Å². The van der Waals surface area contributed by atoms with Crippen LogP contribution in [-0.4, -0.2) is 38.7 Å². The molecule has 0 spiro atoms. The van der Waals surface area contributed by atoms with Gasteiger partial charge < -0.3 is 4.74 Å². The van der Waals surface area contributed by atoms with Gasteiger partial charge in [-0.25, -0.2) is 8.42 Å². The summed E-state index contributed by atoms with van der Waals surface area (Å²) in [7, 11) is -1.90. The van der Waals surface area contributed by atoms with Crippen molar-refractivity contribution in [3.05, 3.63) is 60.2 Å². The zero-order valence-electron chi connectivity index (χ0n) is 14.1. The van der Waals surface area contributed by atoms with Crippen LogP contribution in [0, 0.1) is 5.92 Å². The quantitative estimate of drug-likeness (QED) is 0.770. The number of nitrogens with zero attached hydrogens (tertiary/aromatic N) is 1. The number of benzene rings is 2. The van der Waals surface area contributed by atoms with Crippen LogP contribution in [0.2, 0.25) is 0 Å². The Morgan fingerprint density at radius 2 is 1.60 bits per heavy atom. The molecule has 6 heteroatoms. The number of Topliss-reactive ketones (excluding diaryl/α,β-unsaturated/α-hetero) is 1. The number of sulfonamides is 1. The lowest BCUT2D eigenvalue weighted by molar-refractivity contribution is 0.0875. The topological polar surface area (TPSA) is 63.7 Å². The molecule has 5 nitrogen and oxygen atoms in total. The molecule has 0 amide bonds. The third-order valence-electron chi connectivity index (χ3n) is 4.58. The first-order valence-corrected chi connectivity index (χ1v) is 9.70. The molecule has 0 radical (unpaired) electrons. The lowest BCUT2D eigenvalue weighted by atomic mass is 9.89. The molecule has 1 saturated heterocycles. The highest BCUT2D eigenvalue weighted by Crippen LogP contribution is 2.26. The van der Waals surface area contributed by atoms with Crippen molar-refractivity contribution in [2.75, 3.05) is 20.2 Å². The number of ether oxygens (including phenoxy) is 1. The van der Waals surface area contributed by atoms with E-state index in [2.05, 4.69) is 0 Å². The van der Waals surface area contributed by atoms with Gasteiger partial charge in [-0.1, -0.05) is 18.2 Å². The number of hydrogen-bond donors (Lipinski definition) is 0. The van der Waals surface area contributed by atoms with E-state index in [1.165, 1.54) is 4.31 Å². The second-order valence-corrected chi connectivity index (χ2v) is 8.02. The van der Waals surface area contributed by atoms with Crippen LogP contribution in [0.3, 0.4) is 0 Å². The van der Waals surface area contributed by atoms with Gasteiger partial charge in [0.1, 0.15) is 5.75 Å². The van der Waals surface area contributed by atoms with Gasteiger partial charge in [-0.2, -0.15) is 4.31 Å². The molecule has 3 rings (SSSR count). The van der Waals surface area contributed by atoms with E-state index in [0.717, 1.165) is 0 Å². The molecule has 25 heavy (non-hydrogen) atoms. The molecule has 1 aliphatic rings. The van der Waals surface area contributed by atoms with Crippen molar-refractivity contribution >= 4 is 15.8 Å². The number of piperidine rings is 1. The fraction of sp³-hybridized carbons (Fsp3) is 0.316. The first-order chi connectivity index (χ1) is 12.0. The minimum Gasteiger partial charge on any atom is -0.497 e. The fourth-order valence-electron chi connectivity index (χ4n) is 3.09. The lowest BCUT2D eigenvalue weighted by Gasteiger charge is -2.30. The van der Waals surface area contributed by atoms with Crippen LogP contribution in [0.25, 0.3) is 0 Å². The summed E-state index contributed by atoms with van der Waals surface area (Å²) in [6, 6.07) is 15.5. The van der Waals surface area contributed by atoms with Crippen LogP contribution in [0.15, 0.2) is 59.5 Å². The van der Waals surface area contributed by atoms with E-state index in [1.807, 2.05) is 0 Å². The lowest BCUT2D eigenvalue weighted by Crippen LogP contribution is -2.40. The molecule has 0 N–H and O–H groups in total. The molecular weight excluding hydrogens is 338 g/mol. The van der Waals surface area contributed by atoms with Gasteiger partial charge in [-0.05, 0) is 49.2 Å². The second-order valence-electron chi connectivity index (χ2n) is 6.08. The molecule has 132 valence electrons. The summed E-state index contributed by atoms with van der Waals surface area (Å²) in [5, 5.41) is 0. The third kappa shape index (κ3) is 3.75. The van der Waals surface area contributed by atoms with Gasteiger partial charge in [0.15, 0.2) is 5.78 Å². The molecular formula is C19H21NO4S. The summed E-state index contributed by atoms with van der Waals surface area (Å²) in [5.74, 6) is 0.635. The van der Waals surface area contributed by atoms with Crippen molar-refractivity contribution in [3.63, 3.8) is 0 Å². The number of carbonyl (C=O) groups is 1. The number of carbonyl (C=O) groups excluding carboxylic acids is 1. The number of ketones is 1. The minimum atomic E-state index is -3.48. The molecule has 1 heterocycles. The zero-order valence-corrected chi connectivity index (χ0v) is 14.9. The highest BCUT2D eigenvalue weighted by molar-refractivity contribution is 7.89. The Hall–Kier alpha value is -2.18. The van der Waals surface area contributed by atoms with Gasteiger partial charge in [0.05, 0.1) is 12.0 Å². The Balaban J connectivity index is 1.66. The fourth-order valence-corrected chi connectivity index (χ4v) is 4.58. The van der Waals surface area contributed by atoms with Crippen molar-refractivity contribution in [2.45, 2.75) is 17.7 Å². The smallest absolute Gasteiger partial charge is 0.243 e. The van der Waals surface area contributed by atoms with Gasteiger partial charge >= 0.3 is 0 Å². The predicted octanol–water partition coefficient (Wildman–Crippen LogP) is 2.98. The molecule has 0 atom stereocenters. The Bertz CT molecular complexity index is 823. The molecule has 0 unspecified atom stereocenters. The predicted molar refractivity (Wildman–Crippen MR) is 95.2 cm³/mol. The Kier molecular flexibility index (Phi) is 5.20. The van der Waals surface area contributed by atoms with Gasteiger partial charge in [0, 0.05) is 24.6 Å². The molecule has 1 fully saturated rings. The summed E-state index contributed by atoms with van der Waals surface area (Å²) in [6.45, 7) is 0.730. The highest BCUT2D eigenvalue weighted by atomic mass is 32.2. The average Bonchev–Trinajstić information content (AvgIpc) is 2.68. The van der Waals surface area contributed by atoms with E-state index in [-0.39, 0.29) is 11.7 Å². The van der Waals surface area contributed by atoms with Crippen LogP contribution in [-0.2, 0) is 10.0 Å². The van der Waals surface area contributed by atoms with E-state index < -0.39 is 10.0 Å². The molecule has 2 aromatic rings. The Labute approximate surface area is 148 Å². The van der Waals surface area contributed by atoms with E-state index in [9.17, 15) is 13.2 Å². The first kappa shape index (κ1) is 17.6. The van der Waals surface area contributed by atoms with Crippen molar-refractivity contribution in [1.82, 2.24) is 4.31 Å². The summed E-state index contributed by atoms with van der Waals surface area (Å²) in [6.07, 6.45) is 1.08. The average molecular weight is 359 g/mol. The first-order valence-electron chi connectivity index (χ1n) is 8.26. The van der Waals surface area contributed by atoms with E-state index in [1.54, 1.807) is 61.7 Å². The zero-order chi connectivity index (χ0) is 17.9. The molecule has 2 aromatic carbocycles. The summed E-state index contributed by atoms with van der Waals surface area (Å²) >= 11 is 0. The molecule has 0 aliphatic carbocycles. The normalized spacial score (nSPS) is 16.5. The van der Waals surface area contributed by atoms with E-state index >= 15 is 0 Å². The van der Waals surface area contributed by atoms with Gasteiger partial charge in [0.25, 0.3) is 0 Å². The monoisotopic (exact) mass is 359 g/mol. The third-order valence-corrected chi connectivity index (χ3v) is 6.49. The number of rotatable bonds is 5. The number of hydrogen-bond acceptors (Lipinski definition) is 4. The highest BCUT2D eigenvalue weighted by Gasteiger charge is 2.32. The Morgan fingerprint density at radius 1 is 1.00 bits per heavy atom. The summed E-state index contributed by atoms with van der Waals surface area (Å²) < 4.78 is 31.8. The molecule has 0 bridgehead atoms. The van der Waals surface area contributed by atoms with Crippen molar-refractivity contribution in [3.8, 4) is 5.75 Å². The maximum absolute atomic E-state index is 12.6. The van der Waals surface area contributed by atoms with E-state index in [0.29, 0.717) is 42.1 Å². The summed E-state index contributed by atoms with van der Waals surface area (Å²) in [4.78, 5) is 12.9. The maximum atomic E-state index is 12.6. The minimum absolute atomic E-state index is 0.0689. The summed E-state index contributed by atoms with van der Waals surface area (Å²) in [5.41, 5.74) is 0.644. The SMILES string of the molecule is COc1ccc(C(=O)C2CCN(S(=O)(=O)c3ccccc3)CC2)cc1. The Morgan fingerprint density at radius 3 is 2.16 bits per heavy atom. The van der Waals surface area contributed by atoms with Gasteiger partial charge in [0.2, 0.25) is 10.0 Å². The van der Waals surface area contributed by atoms with Crippen LogP contribution >= 0.6 is 0 Å². The van der Waals surface area contributed by atoms with Crippen molar-refractivity contribution in [2.24, 2.45) is 5.92 Å². The van der Waals surface area contributed by atoms with E-state index in [4.69, 9.17) is 4.74 Å². The van der Waals surface area contributed by atoms with Crippen LogP contribution < -0.4 is 4.74 Å². The molecule has 0 aromatic heterocycles. The largest absolute Gasteiger partial charge is 0.497 e. The molecule has 0 saturated carbocycles. The maximum Gasteiger partial charge on any atom is 0.243 e. The van der Waals surface area contributed by atoms with Crippen molar-refractivity contribution < 1.29 is 17.9 Å². The van der Waals surface area contributed by atoms with Crippen LogP contribution in [0.1, 0.15) is 23.2 Å². The van der Waals surface area contributed by atoms with Gasteiger partial charge in [-0.15, -0.1) is 0 Å². The standard InChI is InChI=1S/C19H21NO4S/c1-24-17-9-7-15(8-10-17)19(21)16-11-13-20(14-12-16)25(22,23)18-5-3-2-4-6-18/h2-10,16H,11-14H2,1H3. The van der Waals surface area contributed by atoms with Gasteiger partial charge in [-0.3, -0.25) is 4.79 Å². The van der Waals surface area contributed by atoms with Crippen molar-refractivity contribution in [1.29, 1.82) is 0 Å².